The van der Waals surface area contributed by atoms with Crippen LogP contribution in [0.3, 0.4) is 0 Å². The van der Waals surface area contributed by atoms with Crippen molar-refractivity contribution < 1.29 is 4.79 Å². The molecule has 0 aliphatic rings. The molecule has 4 nitrogen and oxygen atoms in total. The second kappa shape index (κ2) is 4.59. The fourth-order valence-corrected chi connectivity index (χ4v) is 1.84. The molecule has 0 saturated heterocycles. The first kappa shape index (κ1) is 11.7. The Hall–Kier alpha value is -1.81. The molecule has 0 unspecified atom stereocenters. The number of hydrogen-bond donors (Lipinski definition) is 1. The number of hydrogen-bond acceptors (Lipinski definition) is 2. The summed E-state index contributed by atoms with van der Waals surface area (Å²) in [6, 6.07) is 7.60. The van der Waals surface area contributed by atoms with Crippen molar-refractivity contribution in [2.24, 2.45) is 5.73 Å². The number of rotatable bonds is 4. The molecule has 0 radical (unpaired) electrons. The standard InChI is InChI=1S/C13H17N3O/c1-15(2)7-8-16-6-5-10-3-4-11(13(14)17)9-12(10)16/h3-6,9H,7-8H2,1-2H3,(H2,14,17). The van der Waals surface area contributed by atoms with Gasteiger partial charge < -0.3 is 15.2 Å². The number of carbonyl (C=O) groups is 1. The van der Waals surface area contributed by atoms with E-state index < -0.39 is 0 Å². The maximum Gasteiger partial charge on any atom is 0.248 e. The first-order valence-electron chi connectivity index (χ1n) is 5.61. The molecule has 4 heteroatoms. The highest BCUT2D eigenvalue weighted by atomic mass is 16.1. The number of benzene rings is 1. The number of amides is 1. The van der Waals surface area contributed by atoms with E-state index in [4.69, 9.17) is 5.73 Å². The van der Waals surface area contributed by atoms with Crippen molar-refractivity contribution in [1.82, 2.24) is 9.47 Å². The Morgan fingerprint density at radius 2 is 2.12 bits per heavy atom. The van der Waals surface area contributed by atoms with Crippen LogP contribution in [-0.2, 0) is 6.54 Å². The zero-order valence-corrected chi connectivity index (χ0v) is 10.2. The fraction of sp³-hybridized carbons (Fsp3) is 0.308. The van der Waals surface area contributed by atoms with E-state index in [2.05, 4.69) is 15.5 Å². The SMILES string of the molecule is CN(C)CCn1ccc2ccc(C(N)=O)cc21. The predicted octanol–water partition coefficient (Wildman–Crippen LogP) is 1.30. The highest BCUT2D eigenvalue weighted by Crippen LogP contribution is 2.17. The van der Waals surface area contributed by atoms with E-state index in [1.54, 1.807) is 6.07 Å². The maximum absolute atomic E-state index is 11.1. The van der Waals surface area contributed by atoms with Crippen LogP contribution in [0.15, 0.2) is 30.5 Å². The molecule has 0 atom stereocenters. The highest BCUT2D eigenvalue weighted by Gasteiger charge is 2.05. The molecule has 0 saturated carbocycles. The third kappa shape index (κ3) is 2.47. The average molecular weight is 231 g/mol. The zero-order chi connectivity index (χ0) is 12.4. The maximum atomic E-state index is 11.1. The summed E-state index contributed by atoms with van der Waals surface area (Å²) in [6.07, 6.45) is 2.04. The second-order valence-corrected chi connectivity index (χ2v) is 4.45. The van der Waals surface area contributed by atoms with Crippen LogP contribution in [0.2, 0.25) is 0 Å². The molecule has 1 aromatic heterocycles. The minimum absolute atomic E-state index is 0.382. The number of carbonyl (C=O) groups excluding carboxylic acids is 1. The van der Waals surface area contributed by atoms with Crippen LogP contribution in [0.1, 0.15) is 10.4 Å². The molecule has 17 heavy (non-hydrogen) atoms. The molecule has 2 N–H and O–H groups in total. The molecule has 0 spiro atoms. The Morgan fingerprint density at radius 1 is 1.35 bits per heavy atom. The smallest absolute Gasteiger partial charge is 0.248 e. The molecule has 0 aliphatic heterocycles. The minimum Gasteiger partial charge on any atom is -0.366 e. The van der Waals surface area contributed by atoms with E-state index in [1.165, 1.54) is 0 Å². The van der Waals surface area contributed by atoms with Crippen molar-refractivity contribution in [3.63, 3.8) is 0 Å². The van der Waals surface area contributed by atoms with Gasteiger partial charge in [-0.3, -0.25) is 4.79 Å². The molecule has 90 valence electrons. The average Bonchev–Trinajstić information content (AvgIpc) is 2.68. The van der Waals surface area contributed by atoms with Gasteiger partial charge in [0.15, 0.2) is 0 Å². The molecule has 0 aliphatic carbocycles. The lowest BCUT2D eigenvalue weighted by molar-refractivity contribution is 0.100. The normalized spacial score (nSPS) is 11.2. The van der Waals surface area contributed by atoms with Crippen LogP contribution < -0.4 is 5.73 Å². The summed E-state index contributed by atoms with van der Waals surface area (Å²) < 4.78 is 2.14. The number of likely N-dealkylation sites (N-methyl/N-ethyl adjacent to an activating group) is 1. The van der Waals surface area contributed by atoms with Gasteiger partial charge in [-0.05, 0) is 37.7 Å². The number of nitrogens with two attached hydrogens (primary N) is 1. The largest absolute Gasteiger partial charge is 0.366 e. The van der Waals surface area contributed by atoms with Gasteiger partial charge in [0, 0.05) is 30.4 Å². The van der Waals surface area contributed by atoms with Crippen molar-refractivity contribution in [3.05, 3.63) is 36.0 Å². The van der Waals surface area contributed by atoms with Crippen molar-refractivity contribution in [3.8, 4) is 0 Å². The lowest BCUT2D eigenvalue weighted by atomic mass is 10.1. The van der Waals surface area contributed by atoms with Gasteiger partial charge in [0.1, 0.15) is 0 Å². The van der Waals surface area contributed by atoms with Crippen molar-refractivity contribution in [2.75, 3.05) is 20.6 Å². The number of nitrogens with zero attached hydrogens (tertiary/aromatic N) is 2. The highest BCUT2D eigenvalue weighted by molar-refractivity contribution is 5.96. The second-order valence-electron chi connectivity index (χ2n) is 4.45. The van der Waals surface area contributed by atoms with Crippen LogP contribution in [-0.4, -0.2) is 36.0 Å². The summed E-state index contributed by atoms with van der Waals surface area (Å²) in [5, 5.41) is 1.13. The van der Waals surface area contributed by atoms with E-state index in [1.807, 2.05) is 32.4 Å². The Kier molecular flexibility index (Phi) is 3.15. The molecule has 1 heterocycles. The molecule has 1 amide bonds. The summed E-state index contributed by atoms with van der Waals surface area (Å²) in [5.74, 6) is -0.382. The Bertz CT molecular complexity index is 543. The van der Waals surface area contributed by atoms with Gasteiger partial charge in [0.25, 0.3) is 0 Å². The van der Waals surface area contributed by atoms with Crippen LogP contribution in [0.25, 0.3) is 10.9 Å². The fourth-order valence-electron chi connectivity index (χ4n) is 1.84. The molecule has 2 rings (SSSR count). The Morgan fingerprint density at radius 3 is 2.76 bits per heavy atom. The summed E-state index contributed by atoms with van der Waals surface area (Å²) >= 11 is 0. The zero-order valence-electron chi connectivity index (χ0n) is 10.2. The Balaban J connectivity index is 2.36. The molecule has 0 fully saturated rings. The predicted molar refractivity (Wildman–Crippen MR) is 69.0 cm³/mol. The molecular weight excluding hydrogens is 214 g/mol. The summed E-state index contributed by atoms with van der Waals surface area (Å²) in [5.41, 5.74) is 6.91. The first-order valence-corrected chi connectivity index (χ1v) is 5.61. The lowest BCUT2D eigenvalue weighted by Gasteiger charge is -2.11. The van der Waals surface area contributed by atoms with Gasteiger partial charge in [0.05, 0.1) is 0 Å². The van der Waals surface area contributed by atoms with E-state index in [0.717, 1.165) is 24.0 Å². The Labute approximate surface area is 101 Å². The van der Waals surface area contributed by atoms with Crippen molar-refractivity contribution >= 4 is 16.8 Å². The molecule has 2 aromatic rings. The van der Waals surface area contributed by atoms with Gasteiger partial charge >= 0.3 is 0 Å². The van der Waals surface area contributed by atoms with Gasteiger partial charge in [-0.25, -0.2) is 0 Å². The van der Waals surface area contributed by atoms with E-state index in [-0.39, 0.29) is 5.91 Å². The van der Waals surface area contributed by atoms with Gasteiger partial charge in [-0.15, -0.1) is 0 Å². The van der Waals surface area contributed by atoms with E-state index >= 15 is 0 Å². The molecular formula is C13H17N3O. The monoisotopic (exact) mass is 231 g/mol. The number of fused-ring (bicyclic) bond motifs is 1. The van der Waals surface area contributed by atoms with Gasteiger partial charge in [0.2, 0.25) is 5.91 Å². The third-order valence-corrected chi connectivity index (χ3v) is 2.85. The first-order chi connectivity index (χ1) is 8.08. The van der Waals surface area contributed by atoms with Gasteiger partial charge in [-0.2, -0.15) is 0 Å². The van der Waals surface area contributed by atoms with Crippen LogP contribution in [0, 0.1) is 0 Å². The van der Waals surface area contributed by atoms with Gasteiger partial charge in [-0.1, -0.05) is 6.07 Å². The van der Waals surface area contributed by atoms with E-state index in [9.17, 15) is 4.79 Å². The van der Waals surface area contributed by atoms with Crippen LogP contribution >= 0.6 is 0 Å². The van der Waals surface area contributed by atoms with Crippen molar-refractivity contribution in [2.45, 2.75) is 6.54 Å². The summed E-state index contributed by atoms with van der Waals surface area (Å²) in [6.45, 7) is 1.86. The van der Waals surface area contributed by atoms with E-state index in [0.29, 0.717) is 5.56 Å². The topological polar surface area (TPSA) is 51.3 Å². The summed E-state index contributed by atoms with van der Waals surface area (Å²) in [4.78, 5) is 13.3. The van der Waals surface area contributed by atoms with Crippen LogP contribution in [0.4, 0.5) is 0 Å². The number of primary amides is 1. The minimum atomic E-state index is -0.382. The van der Waals surface area contributed by atoms with Crippen LogP contribution in [0.5, 0.6) is 0 Å². The third-order valence-electron chi connectivity index (χ3n) is 2.85. The number of aromatic nitrogens is 1. The summed E-state index contributed by atoms with van der Waals surface area (Å²) in [7, 11) is 4.08. The molecule has 1 aromatic carbocycles. The quantitative estimate of drug-likeness (QED) is 0.862. The molecule has 0 bridgehead atoms. The lowest BCUT2D eigenvalue weighted by Crippen LogP contribution is -2.18. The van der Waals surface area contributed by atoms with Crippen molar-refractivity contribution in [1.29, 1.82) is 0 Å².